The van der Waals surface area contributed by atoms with Crippen LogP contribution in [0.15, 0.2) is 54.6 Å². The van der Waals surface area contributed by atoms with Crippen LogP contribution >= 0.6 is 0 Å². The third-order valence-electron chi connectivity index (χ3n) is 7.79. The number of aryl methyl sites for hydroxylation is 4. The predicted octanol–water partition coefficient (Wildman–Crippen LogP) is 10.5. The number of rotatable bonds is 21. The first-order valence-electron chi connectivity index (χ1n) is 16.5. The Morgan fingerprint density at radius 3 is 1.35 bits per heavy atom. The van der Waals surface area contributed by atoms with Gasteiger partial charge in [0.15, 0.2) is 13.6 Å². The van der Waals surface area contributed by atoms with Crippen LogP contribution in [0.3, 0.4) is 0 Å². The van der Waals surface area contributed by atoms with Crippen LogP contribution < -0.4 is 14.4 Å². The molecule has 43 heavy (non-hydrogen) atoms. The minimum absolute atomic E-state index is 0.189. The van der Waals surface area contributed by atoms with Crippen LogP contribution in [0.1, 0.15) is 101 Å². The van der Waals surface area contributed by atoms with Crippen LogP contribution in [-0.2, 0) is 35.2 Å². The molecule has 0 atom stereocenters. The Kier molecular flexibility index (Phi) is 15.5. The minimum atomic E-state index is 0.189. The molecule has 0 spiro atoms. The number of hydrogen-bond donors (Lipinski definition) is 0. The van der Waals surface area contributed by atoms with Gasteiger partial charge >= 0.3 is 0 Å². The van der Waals surface area contributed by atoms with Gasteiger partial charge in [-0.05, 0) is 97.9 Å². The summed E-state index contributed by atoms with van der Waals surface area (Å²) in [5, 5.41) is 0. The Labute approximate surface area is 261 Å². The van der Waals surface area contributed by atoms with Gasteiger partial charge in [-0.25, -0.2) is 0 Å². The Bertz CT molecular complexity index is 1130. The number of unbranched alkanes of at least 4 members (excludes halogenated alkanes) is 4. The molecule has 0 amide bonds. The minimum Gasteiger partial charge on any atom is -0.465 e. The third-order valence-corrected chi connectivity index (χ3v) is 7.79. The van der Waals surface area contributed by atoms with Gasteiger partial charge in [0.2, 0.25) is 0 Å². The highest BCUT2D eigenvalue weighted by Crippen LogP contribution is 2.48. The van der Waals surface area contributed by atoms with Crippen LogP contribution in [-0.4, -0.2) is 27.8 Å². The zero-order chi connectivity index (χ0) is 30.9. The van der Waals surface area contributed by atoms with Gasteiger partial charge in [0, 0.05) is 19.9 Å². The smallest absolute Gasteiger partial charge is 0.188 e. The van der Waals surface area contributed by atoms with E-state index in [2.05, 4.69) is 87.2 Å². The normalized spacial score (nSPS) is 11.1. The number of nitrogens with zero attached hydrogens (tertiary/aromatic N) is 1. The lowest BCUT2D eigenvalue weighted by Gasteiger charge is -2.32. The van der Waals surface area contributed by atoms with Crippen LogP contribution in [0.2, 0.25) is 0 Å². The van der Waals surface area contributed by atoms with Gasteiger partial charge in [-0.2, -0.15) is 0 Å². The number of methoxy groups -OCH3 is 2. The zero-order valence-corrected chi connectivity index (χ0v) is 27.7. The monoisotopic (exact) mass is 589 g/mol. The zero-order valence-electron chi connectivity index (χ0n) is 27.7. The summed E-state index contributed by atoms with van der Waals surface area (Å²) in [7, 11) is 3.37. The Morgan fingerprint density at radius 1 is 0.535 bits per heavy atom. The van der Waals surface area contributed by atoms with Crippen molar-refractivity contribution in [2.24, 2.45) is 0 Å². The van der Waals surface area contributed by atoms with Crippen molar-refractivity contribution in [1.82, 2.24) is 0 Å². The van der Waals surface area contributed by atoms with Crippen LogP contribution in [0.5, 0.6) is 11.5 Å². The van der Waals surface area contributed by atoms with Crippen molar-refractivity contribution in [3.05, 3.63) is 76.9 Å². The molecule has 0 aromatic heterocycles. The molecule has 0 bridgehead atoms. The van der Waals surface area contributed by atoms with Crippen molar-refractivity contribution in [2.75, 3.05) is 32.7 Å². The lowest BCUT2D eigenvalue weighted by molar-refractivity contribution is 0.0504. The number of hydrogen-bond acceptors (Lipinski definition) is 5. The van der Waals surface area contributed by atoms with E-state index in [0.717, 1.165) is 106 Å². The topological polar surface area (TPSA) is 40.2 Å². The third kappa shape index (κ3) is 10.0. The summed E-state index contributed by atoms with van der Waals surface area (Å²) in [6.45, 7) is 9.37. The average molecular weight is 590 g/mol. The van der Waals surface area contributed by atoms with E-state index in [1.807, 2.05) is 0 Å². The van der Waals surface area contributed by atoms with Gasteiger partial charge in [0.25, 0.3) is 0 Å². The molecular formula is C38H55NO4. The molecule has 0 heterocycles. The van der Waals surface area contributed by atoms with Gasteiger partial charge < -0.3 is 23.8 Å². The second-order valence-electron chi connectivity index (χ2n) is 11.4. The molecule has 5 nitrogen and oxygen atoms in total. The van der Waals surface area contributed by atoms with Crippen molar-refractivity contribution in [2.45, 2.75) is 105 Å². The lowest BCUT2D eigenvalue weighted by atomic mass is 9.96. The van der Waals surface area contributed by atoms with E-state index in [1.165, 1.54) is 22.3 Å². The molecule has 0 N–H and O–H groups in total. The Hall–Kier alpha value is -3.02. The molecule has 0 aliphatic carbocycles. The fraction of sp³-hybridized carbons (Fsp3) is 0.526. The molecular weight excluding hydrogens is 534 g/mol. The van der Waals surface area contributed by atoms with E-state index in [1.54, 1.807) is 14.2 Å². The molecule has 3 aromatic rings. The highest BCUT2D eigenvalue weighted by molar-refractivity contribution is 5.85. The summed E-state index contributed by atoms with van der Waals surface area (Å²) in [5.41, 5.74) is 8.25. The number of para-hydroxylation sites is 1. The SMILES string of the molecule is CCCCc1cc(CCCC)c(OCOC)c(N(c2ccccc2)c2cc(CCCC)cc(CCCC)c2OCOC)c1. The molecule has 3 rings (SSSR count). The lowest BCUT2D eigenvalue weighted by Crippen LogP contribution is -2.17. The van der Waals surface area contributed by atoms with Gasteiger partial charge in [-0.1, -0.05) is 83.7 Å². The molecule has 0 aliphatic heterocycles. The fourth-order valence-corrected chi connectivity index (χ4v) is 5.52. The first kappa shape index (κ1) is 34.5. The highest BCUT2D eigenvalue weighted by atomic mass is 16.7. The van der Waals surface area contributed by atoms with Crippen molar-refractivity contribution < 1.29 is 18.9 Å². The van der Waals surface area contributed by atoms with Gasteiger partial charge in [-0.15, -0.1) is 0 Å². The van der Waals surface area contributed by atoms with E-state index < -0.39 is 0 Å². The first-order chi connectivity index (χ1) is 21.1. The number of anilines is 3. The summed E-state index contributed by atoms with van der Waals surface area (Å²) in [6, 6.07) is 20.0. The molecule has 5 heteroatoms. The second kappa shape index (κ2) is 19.3. The molecule has 3 aromatic carbocycles. The van der Waals surface area contributed by atoms with Crippen molar-refractivity contribution in [3.63, 3.8) is 0 Å². The summed E-state index contributed by atoms with van der Waals surface area (Å²) in [6.07, 6.45) is 13.0. The summed E-state index contributed by atoms with van der Waals surface area (Å²) >= 11 is 0. The van der Waals surface area contributed by atoms with Crippen molar-refractivity contribution in [1.29, 1.82) is 0 Å². The van der Waals surface area contributed by atoms with Crippen LogP contribution in [0.4, 0.5) is 17.1 Å². The molecule has 0 saturated carbocycles. The summed E-state index contributed by atoms with van der Waals surface area (Å²) in [4.78, 5) is 2.35. The maximum atomic E-state index is 6.48. The van der Waals surface area contributed by atoms with E-state index in [4.69, 9.17) is 18.9 Å². The molecule has 0 aliphatic rings. The van der Waals surface area contributed by atoms with Crippen molar-refractivity contribution in [3.8, 4) is 11.5 Å². The highest BCUT2D eigenvalue weighted by Gasteiger charge is 2.26. The van der Waals surface area contributed by atoms with E-state index in [-0.39, 0.29) is 13.6 Å². The fourth-order valence-electron chi connectivity index (χ4n) is 5.52. The van der Waals surface area contributed by atoms with E-state index in [9.17, 15) is 0 Å². The number of benzene rings is 3. The summed E-state index contributed by atoms with van der Waals surface area (Å²) < 4.78 is 23.9. The maximum Gasteiger partial charge on any atom is 0.188 e. The molecule has 0 saturated heterocycles. The van der Waals surface area contributed by atoms with Crippen LogP contribution in [0, 0.1) is 0 Å². The van der Waals surface area contributed by atoms with Gasteiger partial charge in [-0.3, -0.25) is 0 Å². The molecule has 0 radical (unpaired) electrons. The predicted molar refractivity (Wildman–Crippen MR) is 181 cm³/mol. The van der Waals surface area contributed by atoms with Crippen molar-refractivity contribution >= 4 is 17.1 Å². The molecule has 0 fully saturated rings. The maximum absolute atomic E-state index is 6.48. The second-order valence-corrected chi connectivity index (χ2v) is 11.4. The Balaban J connectivity index is 2.41. The molecule has 236 valence electrons. The standard InChI is InChI=1S/C38H55NO4/c1-7-11-18-30-24-32(20-13-9-3)37(42-28-40-5)35(26-30)39(34-22-16-15-17-23-34)36-27-31(19-12-8-2)25-33(21-14-10-4)38(36)43-29-41-6/h15-17,22-27H,7-14,18-21,28-29H2,1-6H3. The quantitative estimate of drug-likeness (QED) is 0.116. The largest absolute Gasteiger partial charge is 0.465 e. The average Bonchev–Trinajstić information content (AvgIpc) is 3.03. The van der Waals surface area contributed by atoms with Gasteiger partial charge in [0.05, 0.1) is 11.4 Å². The molecule has 0 unspecified atom stereocenters. The van der Waals surface area contributed by atoms with E-state index >= 15 is 0 Å². The van der Waals surface area contributed by atoms with Crippen LogP contribution in [0.25, 0.3) is 0 Å². The van der Waals surface area contributed by atoms with Gasteiger partial charge in [0.1, 0.15) is 11.5 Å². The first-order valence-corrected chi connectivity index (χ1v) is 16.5. The number of ether oxygens (including phenoxy) is 4. The van der Waals surface area contributed by atoms with E-state index in [0.29, 0.717) is 0 Å². The Morgan fingerprint density at radius 2 is 0.953 bits per heavy atom. The summed E-state index contributed by atoms with van der Waals surface area (Å²) in [5.74, 6) is 1.76.